The van der Waals surface area contributed by atoms with Crippen molar-refractivity contribution in [2.24, 2.45) is 10.2 Å². The molecule has 31 heavy (non-hydrogen) atoms. The SMILES string of the molecule is CCCCc1ccc(N=Nc2ccc(OCN3C(=O)c4ccccc4C3=O)cc2)cc1. The Morgan fingerprint density at radius 2 is 1.32 bits per heavy atom. The quantitative estimate of drug-likeness (QED) is 0.332. The van der Waals surface area contributed by atoms with Crippen molar-refractivity contribution in [3.8, 4) is 5.75 Å². The molecule has 0 aliphatic carbocycles. The van der Waals surface area contributed by atoms with Crippen LogP contribution in [0.5, 0.6) is 5.75 Å². The first-order chi connectivity index (χ1) is 15.2. The highest BCUT2D eigenvalue weighted by Gasteiger charge is 2.35. The number of rotatable bonds is 8. The van der Waals surface area contributed by atoms with E-state index >= 15 is 0 Å². The van der Waals surface area contributed by atoms with Gasteiger partial charge in [-0.2, -0.15) is 10.2 Å². The number of benzene rings is 3. The van der Waals surface area contributed by atoms with E-state index in [9.17, 15) is 9.59 Å². The fourth-order valence-electron chi connectivity index (χ4n) is 3.33. The van der Waals surface area contributed by atoms with E-state index in [1.165, 1.54) is 18.4 Å². The predicted octanol–water partition coefficient (Wildman–Crippen LogP) is 6.08. The normalized spacial score (nSPS) is 13.1. The largest absolute Gasteiger partial charge is 0.473 e. The first-order valence-corrected chi connectivity index (χ1v) is 10.3. The Bertz CT molecular complexity index is 1070. The first kappa shape index (κ1) is 20.5. The molecule has 0 spiro atoms. The minimum absolute atomic E-state index is 0.141. The molecular weight excluding hydrogens is 390 g/mol. The number of unbranched alkanes of at least 4 members (excludes halogenated alkanes) is 1. The van der Waals surface area contributed by atoms with Gasteiger partial charge in [-0.05, 0) is 66.9 Å². The second kappa shape index (κ2) is 9.34. The highest BCUT2D eigenvalue weighted by molar-refractivity contribution is 6.21. The number of aryl methyl sites for hydroxylation is 1. The van der Waals surface area contributed by atoms with Gasteiger partial charge in [-0.1, -0.05) is 37.6 Å². The third-order valence-corrected chi connectivity index (χ3v) is 5.11. The molecule has 0 fully saturated rings. The van der Waals surface area contributed by atoms with Gasteiger partial charge in [0.15, 0.2) is 6.73 Å². The summed E-state index contributed by atoms with van der Waals surface area (Å²) in [5.74, 6) is -0.144. The molecule has 6 nitrogen and oxygen atoms in total. The monoisotopic (exact) mass is 413 g/mol. The van der Waals surface area contributed by atoms with E-state index in [0.717, 1.165) is 17.0 Å². The van der Waals surface area contributed by atoms with Crippen LogP contribution in [0.1, 0.15) is 46.0 Å². The number of ether oxygens (including phenoxy) is 1. The number of carbonyl (C=O) groups excluding carboxylic acids is 2. The van der Waals surface area contributed by atoms with Gasteiger partial charge in [0.1, 0.15) is 5.75 Å². The lowest BCUT2D eigenvalue weighted by molar-refractivity contribution is 0.0522. The smallest absolute Gasteiger partial charge is 0.264 e. The Kier molecular flexibility index (Phi) is 6.17. The molecule has 1 heterocycles. The summed E-state index contributed by atoms with van der Waals surface area (Å²) in [6.07, 6.45) is 3.44. The number of amides is 2. The van der Waals surface area contributed by atoms with Crippen LogP contribution in [0.15, 0.2) is 83.0 Å². The molecule has 2 amide bonds. The Morgan fingerprint density at radius 3 is 1.87 bits per heavy atom. The van der Waals surface area contributed by atoms with Crippen LogP contribution in [0, 0.1) is 0 Å². The van der Waals surface area contributed by atoms with Gasteiger partial charge in [-0.3, -0.25) is 9.59 Å². The molecule has 1 aliphatic rings. The van der Waals surface area contributed by atoms with Crippen LogP contribution in [-0.4, -0.2) is 23.4 Å². The Labute approximate surface area is 181 Å². The Morgan fingerprint density at radius 1 is 0.774 bits per heavy atom. The molecule has 0 N–H and O–H groups in total. The number of carbonyl (C=O) groups is 2. The number of nitrogens with zero attached hydrogens (tertiary/aromatic N) is 3. The van der Waals surface area contributed by atoms with Gasteiger partial charge < -0.3 is 4.74 Å². The molecule has 0 radical (unpaired) electrons. The molecule has 0 saturated heterocycles. The first-order valence-electron chi connectivity index (χ1n) is 10.3. The summed E-state index contributed by atoms with van der Waals surface area (Å²) in [5, 5.41) is 8.52. The van der Waals surface area contributed by atoms with Crippen molar-refractivity contribution < 1.29 is 14.3 Å². The number of azo groups is 1. The second-order valence-corrected chi connectivity index (χ2v) is 7.32. The predicted molar refractivity (Wildman–Crippen MR) is 118 cm³/mol. The third-order valence-electron chi connectivity index (χ3n) is 5.11. The van der Waals surface area contributed by atoms with Crippen molar-refractivity contribution in [3.05, 3.63) is 89.5 Å². The molecule has 6 heteroatoms. The fraction of sp³-hybridized carbons (Fsp3) is 0.200. The minimum Gasteiger partial charge on any atom is -0.473 e. The van der Waals surface area contributed by atoms with Crippen LogP contribution in [-0.2, 0) is 6.42 Å². The van der Waals surface area contributed by atoms with Crippen molar-refractivity contribution in [2.75, 3.05) is 6.73 Å². The maximum atomic E-state index is 12.4. The summed E-state index contributed by atoms with van der Waals surface area (Å²) in [7, 11) is 0. The lowest BCUT2D eigenvalue weighted by Gasteiger charge is -2.14. The molecule has 4 rings (SSSR count). The van der Waals surface area contributed by atoms with E-state index < -0.39 is 0 Å². The summed E-state index contributed by atoms with van der Waals surface area (Å²) in [6, 6.07) is 21.9. The van der Waals surface area contributed by atoms with Crippen LogP contribution in [0.25, 0.3) is 0 Å². The van der Waals surface area contributed by atoms with Gasteiger partial charge >= 0.3 is 0 Å². The molecule has 156 valence electrons. The summed E-state index contributed by atoms with van der Waals surface area (Å²) < 4.78 is 5.64. The molecule has 1 aliphatic heterocycles. The van der Waals surface area contributed by atoms with Crippen molar-refractivity contribution >= 4 is 23.2 Å². The zero-order chi connectivity index (χ0) is 21.6. The Balaban J connectivity index is 1.33. The van der Waals surface area contributed by atoms with E-state index in [4.69, 9.17) is 4.74 Å². The lowest BCUT2D eigenvalue weighted by atomic mass is 10.1. The minimum atomic E-state index is -0.341. The van der Waals surface area contributed by atoms with Crippen LogP contribution in [0.2, 0.25) is 0 Å². The second-order valence-electron chi connectivity index (χ2n) is 7.32. The topological polar surface area (TPSA) is 71.3 Å². The van der Waals surface area contributed by atoms with E-state index in [1.807, 2.05) is 12.1 Å². The van der Waals surface area contributed by atoms with Crippen LogP contribution < -0.4 is 4.74 Å². The van der Waals surface area contributed by atoms with Crippen molar-refractivity contribution in [1.82, 2.24) is 4.90 Å². The summed E-state index contributed by atoms with van der Waals surface area (Å²) in [5.41, 5.74) is 3.60. The summed E-state index contributed by atoms with van der Waals surface area (Å²) in [4.78, 5) is 25.8. The number of hydrogen-bond donors (Lipinski definition) is 0. The van der Waals surface area contributed by atoms with Crippen LogP contribution in [0.3, 0.4) is 0 Å². The average molecular weight is 413 g/mol. The lowest BCUT2D eigenvalue weighted by Crippen LogP contribution is -2.33. The van der Waals surface area contributed by atoms with E-state index in [-0.39, 0.29) is 18.5 Å². The van der Waals surface area contributed by atoms with Gasteiger partial charge in [0.25, 0.3) is 11.8 Å². The number of imide groups is 1. The molecule has 0 saturated carbocycles. The molecule has 3 aromatic rings. The van der Waals surface area contributed by atoms with Gasteiger partial charge in [-0.25, -0.2) is 4.90 Å². The maximum absolute atomic E-state index is 12.4. The van der Waals surface area contributed by atoms with Gasteiger partial charge in [-0.15, -0.1) is 0 Å². The zero-order valence-electron chi connectivity index (χ0n) is 17.3. The van der Waals surface area contributed by atoms with Crippen molar-refractivity contribution in [2.45, 2.75) is 26.2 Å². The maximum Gasteiger partial charge on any atom is 0.264 e. The number of fused-ring (bicyclic) bond motifs is 1. The summed E-state index contributed by atoms with van der Waals surface area (Å²) >= 11 is 0. The highest BCUT2D eigenvalue weighted by atomic mass is 16.5. The molecule has 0 atom stereocenters. The van der Waals surface area contributed by atoms with Crippen molar-refractivity contribution in [1.29, 1.82) is 0 Å². The van der Waals surface area contributed by atoms with Crippen LogP contribution in [0.4, 0.5) is 11.4 Å². The van der Waals surface area contributed by atoms with E-state index in [2.05, 4.69) is 29.3 Å². The number of hydrogen-bond acceptors (Lipinski definition) is 5. The van der Waals surface area contributed by atoms with Gasteiger partial charge in [0, 0.05) is 0 Å². The Hall–Kier alpha value is -3.80. The molecule has 3 aromatic carbocycles. The third kappa shape index (κ3) is 4.69. The van der Waals surface area contributed by atoms with Gasteiger partial charge in [0.2, 0.25) is 0 Å². The van der Waals surface area contributed by atoms with E-state index in [1.54, 1.807) is 48.5 Å². The van der Waals surface area contributed by atoms with Crippen molar-refractivity contribution in [3.63, 3.8) is 0 Å². The standard InChI is InChI=1S/C25H23N3O3/c1-2-3-6-18-9-11-19(12-10-18)26-27-20-13-15-21(16-14-20)31-17-28-24(29)22-7-4-5-8-23(22)25(28)30/h4-5,7-16H,2-3,6,17H2,1H3. The van der Waals surface area contributed by atoms with E-state index in [0.29, 0.717) is 22.6 Å². The molecule has 0 unspecified atom stereocenters. The fourth-order valence-corrected chi connectivity index (χ4v) is 3.33. The zero-order valence-corrected chi connectivity index (χ0v) is 17.3. The average Bonchev–Trinajstić information content (AvgIpc) is 3.06. The van der Waals surface area contributed by atoms with Crippen LogP contribution >= 0.6 is 0 Å². The highest BCUT2D eigenvalue weighted by Crippen LogP contribution is 2.25. The molecular formula is C25H23N3O3. The molecule has 0 aromatic heterocycles. The summed E-state index contributed by atoms with van der Waals surface area (Å²) in [6.45, 7) is 2.04. The molecule has 0 bridgehead atoms. The van der Waals surface area contributed by atoms with Gasteiger partial charge in [0.05, 0.1) is 22.5 Å².